The van der Waals surface area contributed by atoms with Crippen molar-refractivity contribution < 1.29 is 4.39 Å². The summed E-state index contributed by atoms with van der Waals surface area (Å²) in [6, 6.07) is 5.03. The van der Waals surface area contributed by atoms with Crippen molar-refractivity contribution in [3.05, 3.63) is 28.5 Å². The molecule has 1 saturated carbocycles. The fourth-order valence-electron chi connectivity index (χ4n) is 1.43. The van der Waals surface area contributed by atoms with E-state index in [0.717, 1.165) is 18.2 Å². The van der Waals surface area contributed by atoms with Gasteiger partial charge in [0.1, 0.15) is 5.82 Å². The van der Waals surface area contributed by atoms with Crippen molar-refractivity contribution in [1.29, 1.82) is 0 Å². The zero-order chi connectivity index (χ0) is 9.97. The molecule has 1 aliphatic carbocycles. The molecule has 0 spiro atoms. The maximum absolute atomic E-state index is 12.9. The van der Waals surface area contributed by atoms with Crippen LogP contribution in [0.2, 0.25) is 0 Å². The molecular formula is C11H13BrFN. The van der Waals surface area contributed by atoms with Gasteiger partial charge in [0.2, 0.25) is 0 Å². The summed E-state index contributed by atoms with van der Waals surface area (Å²) in [5, 5.41) is 3.29. The molecule has 0 saturated heterocycles. The quantitative estimate of drug-likeness (QED) is 0.866. The third-order valence-corrected chi connectivity index (χ3v) is 3.11. The monoisotopic (exact) mass is 257 g/mol. The Bertz CT molecular complexity index is 323. The van der Waals surface area contributed by atoms with Crippen LogP contribution in [0.3, 0.4) is 0 Å². The Morgan fingerprint density at radius 1 is 1.43 bits per heavy atom. The third-order valence-electron chi connectivity index (χ3n) is 2.50. The lowest BCUT2D eigenvalue weighted by Gasteiger charge is -2.06. The van der Waals surface area contributed by atoms with Crippen LogP contribution < -0.4 is 5.32 Å². The maximum Gasteiger partial charge on any atom is 0.137 e. The third kappa shape index (κ3) is 2.71. The first kappa shape index (κ1) is 9.97. The van der Waals surface area contributed by atoms with Crippen molar-refractivity contribution in [2.24, 2.45) is 5.92 Å². The maximum atomic E-state index is 12.9. The van der Waals surface area contributed by atoms with Gasteiger partial charge in [0, 0.05) is 12.2 Å². The van der Waals surface area contributed by atoms with E-state index in [1.807, 2.05) is 0 Å². The Morgan fingerprint density at radius 3 is 2.86 bits per heavy atom. The van der Waals surface area contributed by atoms with Crippen molar-refractivity contribution in [3.63, 3.8) is 0 Å². The molecule has 1 aromatic carbocycles. The summed E-state index contributed by atoms with van der Waals surface area (Å²) in [6.07, 6.45) is 4.00. The second-order valence-electron chi connectivity index (χ2n) is 3.79. The van der Waals surface area contributed by atoms with Crippen molar-refractivity contribution in [2.75, 3.05) is 11.9 Å². The first-order chi connectivity index (χ1) is 6.75. The molecule has 1 fully saturated rings. The van der Waals surface area contributed by atoms with Crippen LogP contribution in [0.25, 0.3) is 0 Å². The Labute approximate surface area is 91.8 Å². The molecule has 3 heteroatoms. The van der Waals surface area contributed by atoms with Gasteiger partial charge in [-0.25, -0.2) is 4.39 Å². The standard InChI is InChI=1S/C11H13BrFN/c12-10-7-9(3-4-11(10)13)14-6-5-8-1-2-8/h3-4,7-8,14H,1-2,5-6H2. The van der Waals surface area contributed by atoms with Gasteiger partial charge in [-0.2, -0.15) is 0 Å². The van der Waals surface area contributed by atoms with E-state index in [9.17, 15) is 4.39 Å². The van der Waals surface area contributed by atoms with E-state index in [-0.39, 0.29) is 5.82 Å². The van der Waals surface area contributed by atoms with Crippen molar-refractivity contribution in [3.8, 4) is 0 Å². The SMILES string of the molecule is Fc1ccc(NCCC2CC2)cc1Br. The molecule has 0 amide bonds. The topological polar surface area (TPSA) is 12.0 Å². The van der Waals surface area contributed by atoms with Crippen molar-refractivity contribution >= 4 is 21.6 Å². The highest BCUT2D eigenvalue weighted by Crippen LogP contribution is 2.32. The minimum atomic E-state index is -0.210. The van der Waals surface area contributed by atoms with Gasteiger partial charge in [-0.15, -0.1) is 0 Å². The average Bonchev–Trinajstić information content (AvgIpc) is 2.95. The highest BCUT2D eigenvalue weighted by atomic mass is 79.9. The molecule has 0 unspecified atom stereocenters. The van der Waals surface area contributed by atoms with Crippen LogP contribution in [0.5, 0.6) is 0 Å². The molecule has 0 radical (unpaired) electrons. The minimum absolute atomic E-state index is 0.210. The second-order valence-corrected chi connectivity index (χ2v) is 4.64. The molecule has 76 valence electrons. The normalized spacial score (nSPS) is 15.6. The number of rotatable bonds is 4. The molecule has 1 aromatic rings. The van der Waals surface area contributed by atoms with Crippen LogP contribution in [-0.4, -0.2) is 6.54 Å². The zero-order valence-corrected chi connectivity index (χ0v) is 9.48. The first-order valence-electron chi connectivity index (χ1n) is 4.94. The predicted molar refractivity (Wildman–Crippen MR) is 59.9 cm³/mol. The Hall–Kier alpha value is -0.570. The van der Waals surface area contributed by atoms with E-state index >= 15 is 0 Å². The number of anilines is 1. The van der Waals surface area contributed by atoms with Crippen LogP contribution in [-0.2, 0) is 0 Å². The van der Waals surface area contributed by atoms with Gasteiger partial charge in [-0.1, -0.05) is 12.8 Å². The Balaban J connectivity index is 1.85. The predicted octanol–water partition coefficient (Wildman–Crippen LogP) is 3.80. The molecule has 0 bridgehead atoms. The van der Waals surface area contributed by atoms with Crippen LogP contribution in [0.4, 0.5) is 10.1 Å². The lowest BCUT2D eigenvalue weighted by atomic mass is 10.2. The smallest absolute Gasteiger partial charge is 0.137 e. The molecule has 0 aliphatic heterocycles. The van der Waals surface area contributed by atoms with Crippen LogP contribution >= 0.6 is 15.9 Å². The molecule has 0 heterocycles. The summed E-state index contributed by atoms with van der Waals surface area (Å²) >= 11 is 3.16. The van der Waals surface area contributed by atoms with Gasteiger partial charge in [-0.3, -0.25) is 0 Å². The number of nitrogens with one attached hydrogen (secondary N) is 1. The molecule has 1 N–H and O–H groups in total. The molecule has 14 heavy (non-hydrogen) atoms. The summed E-state index contributed by atoms with van der Waals surface area (Å²) < 4.78 is 13.4. The van der Waals surface area contributed by atoms with Crippen molar-refractivity contribution in [1.82, 2.24) is 0 Å². The molecule has 1 nitrogen and oxygen atoms in total. The van der Waals surface area contributed by atoms with Gasteiger partial charge in [-0.05, 0) is 46.5 Å². The van der Waals surface area contributed by atoms with E-state index in [2.05, 4.69) is 21.2 Å². The summed E-state index contributed by atoms with van der Waals surface area (Å²) in [4.78, 5) is 0. The number of benzene rings is 1. The number of halogens is 2. The lowest BCUT2D eigenvalue weighted by Crippen LogP contribution is -2.02. The minimum Gasteiger partial charge on any atom is -0.385 e. The molecule has 1 aliphatic rings. The summed E-state index contributed by atoms with van der Waals surface area (Å²) in [5.74, 6) is 0.726. The number of hydrogen-bond donors (Lipinski definition) is 1. The lowest BCUT2D eigenvalue weighted by molar-refractivity contribution is 0.621. The highest BCUT2D eigenvalue weighted by molar-refractivity contribution is 9.10. The van der Waals surface area contributed by atoms with Crippen LogP contribution in [0.1, 0.15) is 19.3 Å². The van der Waals surface area contributed by atoms with E-state index < -0.39 is 0 Å². The molecule has 0 aromatic heterocycles. The summed E-state index contributed by atoms with van der Waals surface area (Å²) in [7, 11) is 0. The van der Waals surface area contributed by atoms with Gasteiger partial charge < -0.3 is 5.32 Å². The zero-order valence-electron chi connectivity index (χ0n) is 7.89. The molecule has 2 rings (SSSR count). The molecular weight excluding hydrogens is 245 g/mol. The van der Waals surface area contributed by atoms with E-state index in [1.165, 1.54) is 25.3 Å². The van der Waals surface area contributed by atoms with Crippen LogP contribution in [0.15, 0.2) is 22.7 Å². The fraction of sp³-hybridized carbons (Fsp3) is 0.455. The van der Waals surface area contributed by atoms with Gasteiger partial charge in [0.25, 0.3) is 0 Å². The average molecular weight is 258 g/mol. The summed E-state index contributed by atoms with van der Waals surface area (Å²) in [6.45, 7) is 0.989. The van der Waals surface area contributed by atoms with Gasteiger partial charge in [0.15, 0.2) is 0 Å². The van der Waals surface area contributed by atoms with Gasteiger partial charge in [0.05, 0.1) is 4.47 Å². The second kappa shape index (κ2) is 4.30. The number of hydrogen-bond acceptors (Lipinski definition) is 1. The van der Waals surface area contributed by atoms with E-state index in [1.54, 1.807) is 12.1 Å². The fourth-order valence-corrected chi connectivity index (χ4v) is 1.81. The summed E-state index contributed by atoms with van der Waals surface area (Å²) in [5.41, 5.74) is 0.985. The largest absolute Gasteiger partial charge is 0.385 e. The van der Waals surface area contributed by atoms with E-state index in [4.69, 9.17) is 0 Å². The van der Waals surface area contributed by atoms with E-state index in [0.29, 0.717) is 4.47 Å². The van der Waals surface area contributed by atoms with Gasteiger partial charge >= 0.3 is 0 Å². The Kier molecular flexibility index (Phi) is 3.06. The molecule has 0 atom stereocenters. The van der Waals surface area contributed by atoms with Crippen LogP contribution in [0, 0.1) is 11.7 Å². The first-order valence-corrected chi connectivity index (χ1v) is 5.74. The van der Waals surface area contributed by atoms with Crippen molar-refractivity contribution in [2.45, 2.75) is 19.3 Å². The Morgan fingerprint density at radius 2 is 2.21 bits per heavy atom. The highest BCUT2D eigenvalue weighted by Gasteiger charge is 2.20.